The molecule has 248 valence electrons. The molecule has 1 saturated heterocycles. The first-order valence-corrected chi connectivity index (χ1v) is 15.8. The molecule has 0 spiro atoms. The molecule has 0 saturated carbocycles. The predicted molar refractivity (Wildman–Crippen MR) is 182 cm³/mol. The fraction of sp³-hybridized carbons (Fsp3) is 0.243. The largest absolute Gasteiger partial charge is 0.508 e. The van der Waals surface area contributed by atoms with Gasteiger partial charge in [0.2, 0.25) is 5.91 Å². The van der Waals surface area contributed by atoms with Gasteiger partial charge in [0.1, 0.15) is 23.7 Å². The summed E-state index contributed by atoms with van der Waals surface area (Å²) in [6.07, 6.45) is 1.06. The molecule has 2 atom stereocenters. The van der Waals surface area contributed by atoms with Gasteiger partial charge < -0.3 is 35.6 Å². The lowest BCUT2D eigenvalue weighted by Gasteiger charge is -2.45. The Kier molecular flexibility index (Phi) is 11.4. The minimum atomic E-state index is -0.922. The van der Waals surface area contributed by atoms with Gasteiger partial charge in [-0.05, 0) is 53.6 Å². The van der Waals surface area contributed by atoms with Crippen LogP contribution in [0.1, 0.15) is 16.8 Å². The highest BCUT2D eigenvalue weighted by Crippen LogP contribution is 2.25. The fourth-order valence-corrected chi connectivity index (χ4v) is 5.70. The maximum Gasteiger partial charge on any atom is 0.316 e. The average Bonchev–Trinajstić information content (AvgIpc) is 3.11. The number of benzene rings is 3. The molecule has 4 aromatic rings. The Morgan fingerprint density at radius 1 is 1.02 bits per heavy atom. The molecule has 5 rings (SSSR count). The number of amides is 4. The summed E-state index contributed by atoms with van der Waals surface area (Å²) in [5.41, 5.74) is 3.92. The van der Waals surface area contributed by atoms with Crippen LogP contribution in [0.25, 0.3) is 11.3 Å². The number of nitrogens with zero attached hydrogens (tertiary/aromatic N) is 3. The van der Waals surface area contributed by atoms with Crippen LogP contribution in [-0.2, 0) is 29.1 Å². The van der Waals surface area contributed by atoms with Gasteiger partial charge in [-0.25, -0.2) is 4.79 Å². The number of phenols is 1. The second kappa shape index (κ2) is 16.2. The summed E-state index contributed by atoms with van der Waals surface area (Å²) in [5, 5.41) is 17.5. The smallest absolute Gasteiger partial charge is 0.316 e. The van der Waals surface area contributed by atoms with Gasteiger partial charge in [-0.15, -0.1) is 0 Å². The molecule has 5 N–H and O–H groups in total. The first-order chi connectivity index (χ1) is 23.3. The third kappa shape index (κ3) is 8.77. The molecule has 11 nitrogen and oxygen atoms in total. The molecule has 0 radical (unpaired) electrons. The summed E-state index contributed by atoms with van der Waals surface area (Å²) in [5.74, 6) is 0.244. The van der Waals surface area contributed by atoms with Crippen molar-refractivity contribution in [3.05, 3.63) is 127 Å². The van der Waals surface area contributed by atoms with Crippen molar-refractivity contribution in [3.63, 3.8) is 0 Å². The lowest BCUT2D eigenvalue weighted by atomic mass is 9.99. The number of piperazine rings is 1. The average molecular weight is 650 g/mol. The number of methoxy groups -OCH3 is 1. The summed E-state index contributed by atoms with van der Waals surface area (Å²) in [6.45, 7) is 4.83. The minimum Gasteiger partial charge on any atom is -0.508 e. The number of ether oxygens (including phenoxy) is 1. The van der Waals surface area contributed by atoms with E-state index in [9.17, 15) is 19.5 Å². The number of aromatic hydroxyl groups is 1. The Morgan fingerprint density at radius 3 is 2.54 bits per heavy atom. The van der Waals surface area contributed by atoms with Gasteiger partial charge in [-0.1, -0.05) is 67.2 Å². The normalized spacial score (nSPS) is 15.9. The van der Waals surface area contributed by atoms with E-state index in [1.54, 1.807) is 47.7 Å². The predicted octanol–water partition coefficient (Wildman–Crippen LogP) is 2.82. The molecule has 3 aromatic carbocycles. The molecule has 1 fully saturated rings. The van der Waals surface area contributed by atoms with Crippen LogP contribution in [0, 0.1) is 0 Å². The Bertz CT molecular complexity index is 1720. The van der Waals surface area contributed by atoms with Crippen molar-refractivity contribution in [2.45, 2.75) is 31.7 Å². The summed E-state index contributed by atoms with van der Waals surface area (Å²) in [6, 6.07) is 27.9. The second-order valence-corrected chi connectivity index (χ2v) is 11.5. The van der Waals surface area contributed by atoms with E-state index in [4.69, 9.17) is 9.72 Å². The number of hydrogen-bond acceptors (Lipinski definition) is 6. The molecule has 0 bridgehead atoms. The molecule has 1 aliphatic heterocycles. The van der Waals surface area contributed by atoms with Gasteiger partial charge >= 0.3 is 6.03 Å². The van der Waals surface area contributed by atoms with Crippen LogP contribution >= 0.6 is 0 Å². The van der Waals surface area contributed by atoms with Crippen molar-refractivity contribution in [1.82, 2.24) is 25.4 Å². The molecule has 4 amide bonds. The lowest BCUT2D eigenvalue weighted by Crippen LogP contribution is -2.87. The van der Waals surface area contributed by atoms with E-state index in [1.165, 1.54) is 4.90 Å². The highest BCUT2D eigenvalue weighted by molar-refractivity contribution is 5.90. The van der Waals surface area contributed by atoms with E-state index >= 15 is 0 Å². The number of carbonyl (C=O) groups is 3. The van der Waals surface area contributed by atoms with E-state index in [2.05, 4.69) is 17.2 Å². The van der Waals surface area contributed by atoms with Crippen LogP contribution in [0.5, 0.6) is 11.5 Å². The van der Waals surface area contributed by atoms with Crippen LogP contribution in [0.4, 0.5) is 4.79 Å². The number of rotatable bonds is 13. The number of nitrogens with two attached hydrogens (primary N) is 1. The van der Waals surface area contributed by atoms with Gasteiger partial charge in [0, 0.05) is 18.5 Å². The number of phenolic OH excluding ortho intramolecular Hbond substituents is 1. The van der Waals surface area contributed by atoms with Crippen molar-refractivity contribution in [1.29, 1.82) is 0 Å². The lowest BCUT2D eigenvalue weighted by molar-refractivity contribution is -0.635. The van der Waals surface area contributed by atoms with Gasteiger partial charge in [-0.3, -0.25) is 14.6 Å². The third-order valence-corrected chi connectivity index (χ3v) is 8.09. The molecular weight excluding hydrogens is 608 g/mol. The Balaban J connectivity index is 1.44. The first-order valence-electron chi connectivity index (χ1n) is 15.8. The van der Waals surface area contributed by atoms with Crippen LogP contribution in [0.2, 0.25) is 0 Å². The molecule has 1 aliphatic rings. The Labute approximate surface area is 280 Å². The van der Waals surface area contributed by atoms with E-state index in [0.717, 1.165) is 22.4 Å². The monoisotopic (exact) mass is 649 g/mol. The second-order valence-electron chi connectivity index (χ2n) is 11.5. The molecule has 0 aliphatic carbocycles. The molecule has 11 heteroatoms. The van der Waals surface area contributed by atoms with Gasteiger partial charge in [-0.2, -0.15) is 0 Å². The van der Waals surface area contributed by atoms with Gasteiger partial charge in [0.15, 0.2) is 6.54 Å². The number of hydrogen-bond donors (Lipinski definition) is 4. The van der Waals surface area contributed by atoms with E-state index in [1.807, 2.05) is 72.8 Å². The fourth-order valence-electron chi connectivity index (χ4n) is 5.70. The standard InChI is InChI=1S/C37H40N6O5/c1-3-19-38-23-35(45)43-33(20-26-15-17-30(44)18-16-26)36(46)42(25-34(43)41-37(47)39-22-27-9-5-4-6-10-27)24-29-12-8-14-32(40-29)28-11-7-13-31(21-28)48-2/h3-18,21,33-34,38,44H,1,19-20,22-25H2,2H3,(H2,39,41,47)/p+1. The van der Waals surface area contributed by atoms with Crippen LogP contribution < -0.4 is 20.7 Å². The zero-order valence-corrected chi connectivity index (χ0v) is 26.9. The van der Waals surface area contributed by atoms with E-state index < -0.39 is 18.2 Å². The number of aromatic nitrogens is 1. The Hall–Kier alpha value is -5.68. The molecule has 1 aromatic heterocycles. The van der Waals surface area contributed by atoms with Crippen LogP contribution in [0.15, 0.2) is 110 Å². The van der Waals surface area contributed by atoms with E-state index in [0.29, 0.717) is 24.5 Å². The maximum atomic E-state index is 14.3. The molecule has 2 heterocycles. The molecular formula is C37H41N6O5+. The van der Waals surface area contributed by atoms with Crippen molar-refractivity contribution < 1.29 is 29.5 Å². The highest BCUT2D eigenvalue weighted by Gasteiger charge is 2.44. The summed E-state index contributed by atoms with van der Waals surface area (Å²) in [7, 11) is 1.61. The topological polar surface area (TPSA) is 141 Å². The van der Waals surface area contributed by atoms with Crippen LogP contribution in [0.3, 0.4) is 0 Å². The van der Waals surface area contributed by atoms with Crippen molar-refractivity contribution in [2.75, 3.05) is 26.7 Å². The zero-order valence-electron chi connectivity index (χ0n) is 26.9. The van der Waals surface area contributed by atoms with Crippen molar-refractivity contribution >= 4 is 17.8 Å². The number of quaternary nitrogens is 1. The van der Waals surface area contributed by atoms with E-state index in [-0.39, 0.29) is 43.6 Å². The highest BCUT2D eigenvalue weighted by atomic mass is 16.5. The van der Waals surface area contributed by atoms with Crippen LogP contribution in [-0.4, -0.2) is 76.7 Å². The maximum absolute atomic E-state index is 14.3. The first kappa shape index (κ1) is 33.7. The number of urea groups is 1. The zero-order chi connectivity index (χ0) is 33.9. The molecule has 2 unspecified atom stereocenters. The van der Waals surface area contributed by atoms with Gasteiger partial charge in [0.25, 0.3) is 5.91 Å². The van der Waals surface area contributed by atoms with Gasteiger partial charge in [0.05, 0.1) is 38.1 Å². The quantitative estimate of drug-likeness (QED) is 0.130. The number of pyridine rings is 1. The SMILES string of the molecule is C=CC[NH2+]CC(=O)N1C(NC(=O)NCc2ccccc2)CN(Cc2cccc(-c3cccc(OC)c3)n2)C(=O)C1Cc1ccc(O)cc1. The number of nitrogens with one attached hydrogen (secondary N) is 2. The number of carbonyl (C=O) groups excluding carboxylic acids is 3. The summed E-state index contributed by atoms with van der Waals surface area (Å²) >= 11 is 0. The summed E-state index contributed by atoms with van der Waals surface area (Å²) < 4.78 is 5.38. The minimum absolute atomic E-state index is 0.0575. The summed E-state index contributed by atoms with van der Waals surface area (Å²) in [4.78, 5) is 49.4. The van der Waals surface area contributed by atoms with Crippen molar-refractivity contribution in [2.24, 2.45) is 0 Å². The third-order valence-electron chi connectivity index (χ3n) is 8.09. The molecule has 48 heavy (non-hydrogen) atoms. The Morgan fingerprint density at radius 2 is 1.79 bits per heavy atom. The van der Waals surface area contributed by atoms with Crippen molar-refractivity contribution in [3.8, 4) is 22.8 Å².